The van der Waals surface area contributed by atoms with Gasteiger partial charge in [0, 0.05) is 28.5 Å². The first-order valence-electron chi connectivity index (χ1n) is 6.94. The summed E-state index contributed by atoms with van der Waals surface area (Å²) in [4.78, 5) is 3.92. The number of nitrogens with zero attached hydrogens (tertiary/aromatic N) is 1. The maximum Gasteiger partial charge on any atom is 0.107 e. The van der Waals surface area contributed by atoms with Gasteiger partial charge < -0.3 is 5.32 Å². The molecule has 108 valence electrons. The van der Waals surface area contributed by atoms with Crippen LogP contribution in [0.15, 0.2) is 10.5 Å². The molecule has 0 saturated carbocycles. The normalized spacial score (nSPS) is 21.2. The first kappa shape index (κ1) is 15.8. The lowest BCUT2D eigenvalue weighted by molar-refractivity contribution is 0.165. The van der Waals surface area contributed by atoms with Crippen molar-refractivity contribution in [2.45, 2.75) is 39.3 Å². The summed E-state index contributed by atoms with van der Waals surface area (Å²) >= 11 is 11.3. The Morgan fingerprint density at radius 3 is 3.00 bits per heavy atom. The van der Waals surface area contributed by atoms with Gasteiger partial charge in [0.2, 0.25) is 0 Å². The van der Waals surface area contributed by atoms with Crippen molar-refractivity contribution in [2.75, 3.05) is 19.6 Å². The van der Waals surface area contributed by atoms with Crippen LogP contribution in [0.3, 0.4) is 0 Å². The number of nitrogens with one attached hydrogen (secondary N) is 1. The van der Waals surface area contributed by atoms with Crippen molar-refractivity contribution in [1.82, 2.24) is 10.2 Å². The van der Waals surface area contributed by atoms with Crippen LogP contribution >= 0.6 is 38.9 Å². The summed E-state index contributed by atoms with van der Waals surface area (Å²) in [6.07, 6.45) is 2.66. The van der Waals surface area contributed by atoms with Gasteiger partial charge in [0.25, 0.3) is 0 Å². The molecule has 1 saturated heterocycles. The Balaban J connectivity index is 1.83. The van der Waals surface area contributed by atoms with Crippen LogP contribution in [0.1, 0.15) is 31.6 Å². The zero-order chi connectivity index (χ0) is 13.8. The van der Waals surface area contributed by atoms with Crippen LogP contribution in [0.4, 0.5) is 0 Å². The molecule has 1 aliphatic heterocycles. The van der Waals surface area contributed by atoms with E-state index in [-0.39, 0.29) is 0 Å². The van der Waals surface area contributed by atoms with E-state index >= 15 is 0 Å². The molecule has 2 heterocycles. The van der Waals surface area contributed by atoms with Crippen LogP contribution in [-0.4, -0.2) is 30.6 Å². The SMILES string of the molecule is CC(C)NCC1CCCN(Cc2cc(Br)c(Cl)s2)C1. The molecule has 1 aromatic heterocycles. The molecule has 1 aromatic rings. The summed E-state index contributed by atoms with van der Waals surface area (Å²) in [5.74, 6) is 0.787. The molecule has 1 atom stereocenters. The number of thiophene rings is 1. The standard InChI is InChI=1S/C14H22BrClN2S/c1-10(2)17-7-11-4-3-5-18(8-11)9-12-6-13(15)14(16)19-12/h6,10-11,17H,3-5,7-9H2,1-2H3. The van der Waals surface area contributed by atoms with E-state index in [9.17, 15) is 0 Å². The van der Waals surface area contributed by atoms with Gasteiger partial charge in [0.15, 0.2) is 0 Å². The van der Waals surface area contributed by atoms with E-state index in [2.05, 4.69) is 46.1 Å². The summed E-state index contributed by atoms with van der Waals surface area (Å²) in [6, 6.07) is 2.74. The molecule has 0 spiro atoms. The lowest BCUT2D eigenvalue weighted by atomic mass is 9.97. The molecule has 2 nitrogen and oxygen atoms in total. The topological polar surface area (TPSA) is 15.3 Å². The van der Waals surface area contributed by atoms with Crippen molar-refractivity contribution in [2.24, 2.45) is 5.92 Å². The van der Waals surface area contributed by atoms with Crippen LogP contribution in [-0.2, 0) is 6.54 Å². The molecular weight excluding hydrogens is 344 g/mol. The second-order valence-electron chi connectivity index (χ2n) is 5.64. The summed E-state index contributed by atoms with van der Waals surface area (Å²) in [6.45, 7) is 9.02. The van der Waals surface area contributed by atoms with E-state index in [1.807, 2.05) is 0 Å². The molecule has 1 unspecified atom stereocenters. The van der Waals surface area contributed by atoms with Crippen LogP contribution in [0.5, 0.6) is 0 Å². The predicted octanol–water partition coefficient (Wildman–Crippen LogP) is 4.37. The van der Waals surface area contributed by atoms with Gasteiger partial charge in [-0.25, -0.2) is 0 Å². The summed E-state index contributed by atoms with van der Waals surface area (Å²) in [7, 11) is 0. The third-order valence-electron chi connectivity index (χ3n) is 3.49. The molecule has 2 rings (SSSR count). The van der Waals surface area contributed by atoms with Crippen LogP contribution < -0.4 is 5.32 Å². The second-order valence-corrected chi connectivity index (χ2v) is 8.23. The highest BCUT2D eigenvalue weighted by Crippen LogP contribution is 2.33. The van der Waals surface area contributed by atoms with E-state index in [1.54, 1.807) is 11.3 Å². The largest absolute Gasteiger partial charge is 0.314 e. The smallest absolute Gasteiger partial charge is 0.107 e. The maximum atomic E-state index is 6.10. The molecule has 5 heteroatoms. The molecule has 1 N–H and O–H groups in total. The lowest BCUT2D eigenvalue weighted by Gasteiger charge is -2.33. The Morgan fingerprint density at radius 2 is 2.37 bits per heavy atom. The number of hydrogen-bond acceptors (Lipinski definition) is 3. The molecule has 19 heavy (non-hydrogen) atoms. The second kappa shape index (κ2) is 7.41. The van der Waals surface area contributed by atoms with E-state index in [4.69, 9.17) is 11.6 Å². The lowest BCUT2D eigenvalue weighted by Crippen LogP contribution is -2.40. The van der Waals surface area contributed by atoms with Gasteiger partial charge in [-0.1, -0.05) is 25.4 Å². The van der Waals surface area contributed by atoms with Crippen molar-refractivity contribution in [1.29, 1.82) is 0 Å². The van der Waals surface area contributed by atoms with Gasteiger partial charge in [0.05, 0.1) is 0 Å². The zero-order valence-corrected chi connectivity index (χ0v) is 14.7. The van der Waals surface area contributed by atoms with Gasteiger partial charge >= 0.3 is 0 Å². The zero-order valence-electron chi connectivity index (χ0n) is 11.6. The number of hydrogen-bond donors (Lipinski definition) is 1. The summed E-state index contributed by atoms with van der Waals surface area (Å²) in [5.41, 5.74) is 0. The fourth-order valence-electron chi connectivity index (χ4n) is 2.55. The maximum absolute atomic E-state index is 6.10. The minimum atomic E-state index is 0.586. The summed E-state index contributed by atoms with van der Waals surface area (Å²) in [5, 5.41) is 3.56. The Hall–Kier alpha value is 0.390. The highest BCUT2D eigenvalue weighted by atomic mass is 79.9. The van der Waals surface area contributed by atoms with Crippen molar-refractivity contribution in [3.63, 3.8) is 0 Å². The van der Waals surface area contributed by atoms with Gasteiger partial charge in [-0.15, -0.1) is 11.3 Å². The monoisotopic (exact) mass is 364 g/mol. The predicted molar refractivity (Wildman–Crippen MR) is 88.2 cm³/mol. The molecule has 1 fully saturated rings. The minimum absolute atomic E-state index is 0.586. The van der Waals surface area contributed by atoms with Crippen LogP contribution in [0.25, 0.3) is 0 Å². The molecular formula is C14H22BrClN2S. The van der Waals surface area contributed by atoms with Crippen molar-refractivity contribution in [3.8, 4) is 0 Å². The Kier molecular flexibility index (Phi) is 6.15. The number of rotatable bonds is 5. The fraction of sp³-hybridized carbons (Fsp3) is 0.714. The third-order valence-corrected chi connectivity index (χ3v) is 5.95. The van der Waals surface area contributed by atoms with Gasteiger partial charge in [-0.05, 0) is 53.8 Å². The van der Waals surface area contributed by atoms with E-state index in [0.29, 0.717) is 6.04 Å². The molecule has 0 radical (unpaired) electrons. The highest BCUT2D eigenvalue weighted by Gasteiger charge is 2.20. The van der Waals surface area contributed by atoms with E-state index in [1.165, 1.54) is 30.8 Å². The van der Waals surface area contributed by atoms with Crippen molar-refractivity contribution >= 4 is 38.9 Å². The van der Waals surface area contributed by atoms with Gasteiger partial charge in [-0.2, -0.15) is 0 Å². The number of likely N-dealkylation sites (tertiary alicyclic amines) is 1. The molecule has 0 aromatic carbocycles. The minimum Gasteiger partial charge on any atom is -0.314 e. The first-order chi connectivity index (χ1) is 9.04. The van der Waals surface area contributed by atoms with Gasteiger partial charge in [-0.3, -0.25) is 4.90 Å². The quantitative estimate of drug-likeness (QED) is 0.833. The Bertz CT molecular complexity index is 389. The van der Waals surface area contributed by atoms with Gasteiger partial charge in [0.1, 0.15) is 4.34 Å². The Morgan fingerprint density at radius 1 is 1.58 bits per heavy atom. The van der Waals surface area contributed by atoms with E-state index < -0.39 is 0 Å². The number of piperidine rings is 1. The van der Waals surface area contributed by atoms with Crippen molar-refractivity contribution in [3.05, 3.63) is 19.8 Å². The van der Waals surface area contributed by atoms with Crippen LogP contribution in [0.2, 0.25) is 4.34 Å². The van der Waals surface area contributed by atoms with E-state index in [0.717, 1.165) is 27.8 Å². The molecule has 0 aliphatic carbocycles. The fourth-order valence-corrected chi connectivity index (χ4v) is 4.39. The highest BCUT2D eigenvalue weighted by molar-refractivity contribution is 9.10. The summed E-state index contributed by atoms with van der Waals surface area (Å²) < 4.78 is 1.90. The average Bonchev–Trinajstić information content (AvgIpc) is 2.66. The van der Waals surface area contributed by atoms with Crippen LogP contribution in [0, 0.1) is 5.92 Å². The number of halogens is 2. The third kappa shape index (κ3) is 5.01. The Labute approximate surface area is 133 Å². The molecule has 0 amide bonds. The molecule has 0 bridgehead atoms. The molecule has 1 aliphatic rings. The first-order valence-corrected chi connectivity index (χ1v) is 8.92. The van der Waals surface area contributed by atoms with Crippen molar-refractivity contribution < 1.29 is 0 Å². The average molecular weight is 366 g/mol.